The average Bonchev–Trinajstić information content (AvgIpc) is 2.81. The molecule has 0 unspecified atom stereocenters. The molecular formula is C25H24FN3O4. The molecular weight excluding hydrogens is 425 g/mol. The first-order chi connectivity index (χ1) is 15.9. The molecule has 0 aliphatic rings. The maximum atomic E-state index is 12.9. The summed E-state index contributed by atoms with van der Waals surface area (Å²) < 4.78 is 24.5. The Morgan fingerprint density at radius 2 is 1.67 bits per heavy atom. The Bertz CT molecular complexity index is 1130. The van der Waals surface area contributed by atoms with Crippen molar-refractivity contribution < 1.29 is 23.5 Å². The molecule has 0 saturated carbocycles. The summed E-state index contributed by atoms with van der Waals surface area (Å²) in [7, 11) is 0. The summed E-state index contributed by atoms with van der Waals surface area (Å²) in [4.78, 5) is 23.8. The molecule has 0 aliphatic carbocycles. The maximum absolute atomic E-state index is 12.9. The Labute approximate surface area is 191 Å². The van der Waals surface area contributed by atoms with E-state index >= 15 is 0 Å². The Balaban J connectivity index is 1.58. The lowest BCUT2D eigenvalue weighted by atomic mass is 10.2. The normalized spacial score (nSPS) is 10.6. The standard InChI is InChI=1S/C25H24FN3O4/c1-3-32-23-14-19(8-13-22(23)33-16-18-6-4-17(2)5-7-18)15-27-29-25(31)24(30)28-21-11-9-20(26)10-12-21/h4-15H,3,16H2,1-2H3,(H,28,30)(H,29,31)/b27-15+. The molecule has 170 valence electrons. The Morgan fingerprint density at radius 3 is 2.36 bits per heavy atom. The van der Waals surface area contributed by atoms with Crippen LogP contribution in [0.1, 0.15) is 23.6 Å². The van der Waals surface area contributed by atoms with Crippen molar-refractivity contribution in [2.75, 3.05) is 11.9 Å². The highest BCUT2D eigenvalue weighted by Gasteiger charge is 2.13. The third-order valence-electron chi connectivity index (χ3n) is 4.47. The van der Waals surface area contributed by atoms with Gasteiger partial charge in [-0.25, -0.2) is 9.82 Å². The molecule has 2 amide bonds. The number of amides is 2. The molecule has 0 fully saturated rings. The van der Waals surface area contributed by atoms with Crippen LogP contribution in [0.15, 0.2) is 71.8 Å². The summed E-state index contributed by atoms with van der Waals surface area (Å²) in [5.41, 5.74) is 5.30. The van der Waals surface area contributed by atoms with Gasteiger partial charge in [0.15, 0.2) is 11.5 Å². The molecule has 33 heavy (non-hydrogen) atoms. The second kappa shape index (κ2) is 11.4. The van der Waals surface area contributed by atoms with E-state index in [1.165, 1.54) is 36.0 Å². The summed E-state index contributed by atoms with van der Waals surface area (Å²) in [6.45, 7) is 4.73. The minimum absolute atomic E-state index is 0.295. The van der Waals surface area contributed by atoms with E-state index in [0.29, 0.717) is 36.0 Å². The maximum Gasteiger partial charge on any atom is 0.329 e. The van der Waals surface area contributed by atoms with Crippen molar-refractivity contribution in [3.8, 4) is 11.5 Å². The number of halogens is 1. The zero-order chi connectivity index (χ0) is 23.6. The number of hydrazone groups is 1. The van der Waals surface area contributed by atoms with Crippen molar-refractivity contribution in [3.05, 3.63) is 89.2 Å². The number of nitrogens with one attached hydrogen (secondary N) is 2. The van der Waals surface area contributed by atoms with Crippen LogP contribution in [0, 0.1) is 12.7 Å². The molecule has 2 N–H and O–H groups in total. The smallest absolute Gasteiger partial charge is 0.329 e. The SMILES string of the molecule is CCOc1cc(/C=N/NC(=O)C(=O)Nc2ccc(F)cc2)ccc1OCc1ccc(C)cc1. The van der Waals surface area contributed by atoms with Gasteiger partial charge in [-0.3, -0.25) is 9.59 Å². The van der Waals surface area contributed by atoms with Gasteiger partial charge in [0.25, 0.3) is 0 Å². The predicted octanol–water partition coefficient (Wildman–Crippen LogP) is 4.20. The molecule has 0 atom stereocenters. The lowest BCUT2D eigenvalue weighted by Gasteiger charge is -2.12. The van der Waals surface area contributed by atoms with Crippen molar-refractivity contribution in [2.45, 2.75) is 20.5 Å². The number of benzene rings is 3. The molecule has 3 aromatic carbocycles. The van der Waals surface area contributed by atoms with Gasteiger partial charge in [-0.05, 0) is 67.4 Å². The van der Waals surface area contributed by atoms with Gasteiger partial charge in [-0.1, -0.05) is 29.8 Å². The van der Waals surface area contributed by atoms with Crippen LogP contribution >= 0.6 is 0 Å². The van der Waals surface area contributed by atoms with Crippen molar-refractivity contribution >= 4 is 23.7 Å². The van der Waals surface area contributed by atoms with Gasteiger partial charge in [0.2, 0.25) is 0 Å². The lowest BCUT2D eigenvalue weighted by molar-refractivity contribution is -0.136. The van der Waals surface area contributed by atoms with E-state index in [4.69, 9.17) is 9.47 Å². The van der Waals surface area contributed by atoms with E-state index in [9.17, 15) is 14.0 Å². The van der Waals surface area contributed by atoms with Gasteiger partial charge in [-0.15, -0.1) is 0 Å². The van der Waals surface area contributed by atoms with E-state index in [-0.39, 0.29) is 0 Å². The minimum Gasteiger partial charge on any atom is -0.490 e. The van der Waals surface area contributed by atoms with Crippen LogP contribution in [0.2, 0.25) is 0 Å². The van der Waals surface area contributed by atoms with Crippen LogP contribution in [0.25, 0.3) is 0 Å². The molecule has 0 heterocycles. The highest BCUT2D eigenvalue weighted by atomic mass is 19.1. The van der Waals surface area contributed by atoms with Crippen LogP contribution < -0.4 is 20.2 Å². The molecule has 0 aliphatic heterocycles. The number of nitrogens with zero attached hydrogens (tertiary/aromatic N) is 1. The first-order valence-corrected chi connectivity index (χ1v) is 10.3. The Morgan fingerprint density at radius 1 is 0.939 bits per heavy atom. The Kier molecular flexibility index (Phi) is 8.13. The van der Waals surface area contributed by atoms with E-state index in [1.54, 1.807) is 18.2 Å². The van der Waals surface area contributed by atoms with Crippen LogP contribution in [-0.2, 0) is 16.2 Å². The van der Waals surface area contributed by atoms with Gasteiger partial charge in [0, 0.05) is 5.69 Å². The first kappa shape index (κ1) is 23.5. The molecule has 7 nitrogen and oxygen atoms in total. The van der Waals surface area contributed by atoms with Crippen LogP contribution in [0.4, 0.5) is 10.1 Å². The lowest BCUT2D eigenvalue weighted by Crippen LogP contribution is -2.32. The number of carbonyl (C=O) groups is 2. The van der Waals surface area contributed by atoms with Crippen molar-refractivity contribution in [1.29, 1.82) is 0 Å². The quantitative estimate of drug-likeness (QED) is 0.306. The van der Waals surface area contributed by atoms with Gasteiger partial charge in [-0.2, -0.15) is 5.10 Å². The van der Waals surface area contributed by atoms with Crippen LogP contribution in [0.5, 0.6) is 11.5 Å². The fourth-order valence-corrected chi connectivity index (χ4v) is 2.78. The zero-order valence-electron chi connectivity index (χ0n) is 18.3. The largest absolute Gasteiger partial charge is 0.490 e. The molecule has 0 radical (unpaired) electrons. The monoisotopic (exact) mass is 449 g/mol. The number of ether oxygens (including phenoxy) is 2. The second-order valence-electron chi connectivity index (χ2n) is 7.07. The predicted molar refractivity (Wildman–Crippen MR) is 124 cm³/mol. The number of carbonyl (C=O) groups excluding carboxylic acids is 2. The van der Waals surface area contributed by atoms with Gasteiger partial charge in [0.1, 0.15) is 12.4 Å². The fraction of sp³-hybridized carbons (Fsp3) is 0.160. The number of hydrogen-bond acceptors (Lipinski definition) is 5. The summed E-state index contributed by atoms with van der Waals surface area (Å²) in [5.74, 6) is -1.21. The molecule has 0 aromatic heterocycles. The second-order valence-corrected chi connectivity index (χ2v) is 7.07. The van der Waals surface area contributed by atoms with Crippen molar-refractivity contribution in [3.63, 3.8) is 0 Å². The summed E-state index contributed by atoms with van der Waals surface area (Å²) in [5, 5.41) is 6.16. The average molecular weight is 449 g/mol. The highest BCUT2D eigenvalue weighted by molar-refractivity contribution is 6.39. The molecule has 0 saturated heterocycles. The third-order valence-corrected chi connectivity index (χ3v) is 4.47. The van der Waals surface area contributed by atoms with Crippen molar-refractivity contribution in [1.82, 2.24) is 5.43 Å². The summed E-state index contributed by atoms with van der Waals surface area (Å²) in [6, 6.07) is 18.3. The van der Waals surface area contributed by atoms with Crippen molar-refractivity contribution in [2.24, 2.45) is 5.10 Å². The zero-order valence-corrected chi connectivity index (χ0v) is 18.3. The number of hydrogen-bond donors (Lipinski definition) is 2. The molecule has 3 rings (SSSR count). The minimum atomic E-state index is -0.960. The van der Waals surface area contributed by atoms with E-state index in [1.807, 2.05) is 38.1 Å². The first-order valence-electron chi connectivity index (χ1n) is 10.3. The summed E-state index contributed by atoms with van der Waals surface area (Å²) >= 11 is 0. The van der Waals surface area contributed by atoms with Gasteiger partial charge < -0.3 is 14.8 Å². The number of rotatable bonds is 8. The highest BCUT2D eigenvalue weighted by Crippen LogP contribution is 2.29. The fourth-order valence-electron chi connectivity index (χ4n) is 2.78. The Hall–Kier alpha value is -4.20. The third kappa shape index (κ3) is 7.17. The molecule has 0 bridgehead atoms. The van der Waals surface area contributed by atoms with Crippen LogP contribution in [0.3, 0.4) is 0 Å². The van der Waals surface area contributed by atoms with Gasteiger partial charge in [0.05, 0.1) is 12.8 Å². The number of aryl methyl sites for hydroxylation is 1. The molecule has 3 aromatic rings. The molecule has 8 heteroatoms. The van der Waals surface area contributed by atoms with Gasteiger partial charge >= 0.3 is 11.8 Å². The van der Waals surface area contributed by atoms with Crippen LogP contribution in [-0.4, -0.2) is 24.6 Å². The molecule has 0 spiro atoms. The van der Waals surface area contributed by atoms with E-state index in [0.717, 1.165) is 5.56 Å². The van der Waals surface area contributed by atoms with E-state index < -0.39 is 17.6 Å². The van der Waals surface area contributed by atoms with E-state index in [2.05, 4.69) is 15.8 Å². The topological polar surface area (TPSA) is 89.0 Å². The summed E-state index contributed by atoms with van der Waals surface area (Å²) in [6.07, 6.45) is 1.38. The number of anilines is 1.